The van der Waals surface area contributed by atoms with Gasteiger partial charge in [0.1, 0.15) is 5.75 Å². The van der Waals surface area contributed by atoms with Crippen molar-refractivity contribution in [3.05, 3.63) is 29.6 Å². The van der Waals surface area contributed by atoms with Gasteiger partial charge in [-0.1, -0.05) is 20.3 Å². The van der Waals surface area contributed by atoms with Crippen molar-refractivity contribution in [3.63, 3.8) is 0 Å². The fourth-order valence-electron chi connectivity index (χ4n) is 2.02. The molecule has 0 bridgehead atoms. The summed E-state index contributed by atoms with van der Waals surface area (Å²) in [7, 11) is 1.64. The molecule has 0 spiro atoms. The first-order valence-corrected chi connectivity index (χ1v) is 7.92. The van der Waals surface area contributed by atoms with Crippen molar-refractivity contribution >= 4 is 22.4 Å². The molecule has 1 N–H and O–H groups in total. The largest absolute Gasteiger partial charge is 0.497 e. The number of carbonyl (C=O) groups excluding carboxylic acids is 1. The zero-order chi connectivity index (χ0) is 15.2. The van der Waals surface area contributed by atoms with Crippen LogP contribution in [0.5, 0.6) is 5.75 Å². The van der Waals surface area contributed by atoms with Crippen molar-refractivity contribution in [1.82, 2.24) is 4.98 Å². The van der Waals surface area contributed by atoms with E-state index in [1.54, 1.807) is 7.11 Å². The molecule has 2 rings (SSSR count). The number of thiazole rings is 1. The summed E-state index contributed by atoms with van der Waals surface area (Å²) in [5, 5.41) is 5.48. The lowest BCUT2D eigenvalue weighted by Gasteiger charge is -2.08. The first-order chi connectivity index (χ1) is 10.1. The highest BCUT2D eigenvalue weighted by Gasteiger charge is 2.14. The zero-order valence-corrected chi connectivity index (χ0v) is 13.4. The summed E-state index contributed by atoms with van der Waals surface area (Å²) in [6.07, 6.45) is 1.89. The van der Waals surface area contributed by atoms with Gasteiger partial charge in [0.2, 0.25) is 5.91 Å². The smallest absolute Gasteiger partial charge is 0.228 e. The first kappa shape index (κ1) is 15.5. The van der Waals surface area contributed by atoms with Crippen LogP contribution >= 0.6 is 11.3 Å². The molecular formula is C16H20N2O2S. The number of methoxy groups -OCH3 is 1. The Kier molecular flexibility index (Phi) is 5.33. The van der Waals surface area contributed by atoms with Crippen LogP contribution in [0.1, 0.15) is 26.7 Å². The summed E-state index contributed by atoms with van der Waals surface area (Å²) >= 11 is 1.44. The summed E-state index contributed by atoms with van der Waals surface area (Å²) < 4.78 is 5.14. The van der Waals surface area contributed by atoms with Crippen LogP contribution in [0.4, 0.5) is 5.13 Å². The van der Waals surface area contributed by atoms with E-state index in [1.807, 2.05) is 36.6 Å². The maximum atomic E-state index is 12.0. The SMILES string of the molecule is CCC[C@@H](C)C(=O)Nc1nc(-c2ccc(OC)cc2)cs1. The Hall–Kier alpha value is -1.88. The standard InChI is InChI=1S/C16H20N2O2S/c1-4-5-11(2)15(19)18-16-17-14(10-21-16)12-6-8-13(20-3)9-7-12/h6-11H,4-5H2,1-3H3,(H,17,18,19)/t11-/m1/s1. The molecule has 0 unspecified atom stereocenters. The Labute approximate surface area is 129 Å². The Bertz CT molecular complexity index is 593. The number of anilines is 1. The summed E-state index contributed by atoms with van der Waals surface area (Å²) in [5.74, 6) is 0.867. The molecule has 1 aromatic heterocycles. The highest BCUT2D eigenvalue weighted by Crippen LogP contribution is 2.26. The number of amides is 1. The molecule has 21 heavy (non-hydrogen) atoms. The molecule has 2 aromatic rings. The molecule has 0 aliphatic heterocycles. The minimum atomic E-state index is 0.0170. The van der Waals surface area contributed by atoms with Crippen molar-refractivity contribution in [2.24, 2.45) is 5.92 Å². The van der Waals surface area contributed by atoms with Crippen molar-refractivity contribution in [1.29, 1.82) is 0 Å². The lowest BCUT2D eigenvalue weighted by atomic mass is 10.1. The van der Waals surface area contributed by atoms with Gasteiger partial charge in [0.05, 0.1) is 12.8 Å². The number of ether oxygens (including phenoxy) is 1. The predicted molar refractivity (Wildman–Crippen MR) is 86.8 cm³/mol. The van der Waals surface area contributed by atoms with Gasteiger partial charge in [-0.05, 0) is 30.7 Å². The molecule has 0 radical (unpaired) electrons. The van der Waals surface area contributed by atoms with Crippen LogP contribution in [0.25, 0.3) is 11.3 Å². The van der Waals surface area contributed by atoms with E-state index in [2.05, 4.69) is 17.2 Å². The van der Waals surface area contributed by atoms with Gasteiger partial charge >= 0.3 is 0 Å². The second-order valence-corrected chi connectivity index (χ2v) is 5.80. The van der Waals surface area contributed by atoms with E-state index in [0.717, 1.165) is 29.8 Å². The molecule has 0 saturated heterocycles. The van der Waals surface area contributed by atoms with Gasteiger partial charge in [-0.2, -0.15) is 0 Å². The second-order valence-electron chi connectivity index (χ2n) is 4.95. The Morgan fingerprint density at radius 2 is 2.10 bits per heavy atom. The molecule has 1 amide bonds. The fourth-order valence-corrected chi connectivity index (χ4v) is 2.74. The minimum absolute atomic E-state index is 0.0170. The Morgan fingerprint density at radius 1 is 1.38 bits per heavy atom. The van der Waals surface area contributed by atoms with E-state index < -0.39 is 0 Å². The molecule has 112 valence electrons. The van der Waals surface area contributed by atoms with Crippen LogP contribution in [0.15, 0.2) is 29.6 Å². The molecule has 1 atom stereocenters. The Balaban J connectivity index is 2.05. The molecule has 0 aliphatic rings. The average molecular weight is 304 g/mol. The van der Waals surface area contributed by atoms with Crippen molar-refractivity contribution in [3.8, 4) is 17.0 Å². The molecule has 4 nitrogen and oxygen atoms in total. The third-order valence-corrected chi connectivity index (χ3v) is 4.05. The summed E-state index contributed by atoms with van der Waals surface area (Å²) in [5.41, 5.74) is 1.87. The number of hydrogen-bond donors (Lipinski definition) is 1. The first-order valence-electron chi connectivity index (χ1n) is 7.04. The summed E-state index contributed by atoms with van der Waals surface area (Å²) in [6, 6.07) is 7.71. The van der Waals surface area contributed by atoms with Gasteiger partial charge in [-0.25, -0.2) is 4.98 Å². The highest BCUT2D eigenvalue weighted by molar-refractivity contribution is 7.14. The maximum Gasteiger partial charge on any atom is 0.228 e. The fraction of sp³-hybridized carbons (Fsp3) is 0.375. The minimum Gasteiger partial charge on any atom is -0.497 e. The number of rotatable bonds is 6. The van der Waals surface area contributed by atoms with Crippen LogP contribution in [-0.2, 0) is 4.79 Å². The van der Waals surface area contributed by atoms with E-state index in [4.69, 9.17) is 4.74 Å². The molecule has 0 saturated carbocycles. The number of aromatic nitrogens is 1. The number of nitrogens with zero attached hydrogens (tertiary/aromatic N) is 1. The average Bonchev–Trinajstić information content (AvgIpc) is 2.96. The van der Waals surface area contributed by atoms with Crippen LogP contribution < -0.4 is 10.1 Å². The molecule has 5 heteroatoms. The van der Waals surface area contributed by atoms with Crippen LogP contribution in [0.2, 0.25) is 0 Å². The van der Waals surface area contributed by atoms with E-state index in [0.29, 0.717) is 5.13 Å². The van der Waals surface area contributed by atoms with Gasteiger partial charge in [-0.3, -0.25) is 4.79 Å². The molecule has 1 aromatic carbocycles. The zero-order valence-electron chi connectivity index (χ0n) is 12.6. The molecular weight excluding hydrogens is 284 g/mol. The van der Waals surface area contributed by atoms with Gasteiger partial charge in [0, 0.05) is 16.9 Å². The van der Waals surface area contributed by atoms with Crippen molar-refractivity contribution < 1.29 is 9.53 Å². The molecule has 1 heterocycles. The number of nitrogens with one attached hydrogen (secondary N) is 1. The summed E-state index contributed by atoms with van der Waals surface area (Å²) in [4.78, 5) is 16.4. The van der Waals surface area contributed by atoms with Gasteiger partial charge in [0.15, 0.2) is 5.13 Å². The maximum absolute atomic E-state index is 12.0. The molecule has 0 aliphatic carbocycles. The number of carbonyl (C=O) groups is 1. The van der Waals surface area contributed by atoms with E-state index >= 15 is 0 Å². The lowest BCUT2D eigenvalue weighted by molar-refractivity contribution is -0.119. The van der Waals surface area contributed by atoms with E-state index in [1.165, 1.54) is 11.3 Å². The second kappa shape index (κ2) is 7.22. The van der Waals surface area contributed by atoms with Crippen molar-refractivity contribution in [2.45, 2.75) is 26.7 Å². The number of benzene rings is 1. The monoisotopic (exact) mass is 304 g/mol. The van der Waals surface area contributed by atoms with Gasteiger partial charge in [0.25, 0.3) is 0 Å². The third-order valence-electron chi connectivity index (χ3n) is 3.29. The topological polar surface area (TPSA) is 51.2 Å². The predicted octanol–water partition coefficient (Wildman–Crippen LogP) is 4.19. The van der Waals surface area contributed by atoms with Crippen molar-refractivity contribution in [2.75, 3.05) is 12.4 Å². The van der Waals surface area contributed by atoms with E-state index in [-0.39, 0.29) is 11.8 Å². The van der Waals surface area contributed by atoms with Crippen LogP contribution in [0.3, 0.4) is 0 Å². The normalized spacial score (nSPS) is 12.0. The highest BCUT2D eigenvalue weighted by atomic mass is 32.1. The Morgan fingerprint density at radius 3 is 2.71 bits per heavy atom. The van der Waals surface area contributed by atoms with Gasteiger partial charge in [-0.15, -0.1) is 11.3 Å². The quantitative estimate of drug-likeness (QED) is 0.870. The third kappa shape index (κ3) is 4.04. The van der Waals surface area contributed by atoms with Crippen LogP contribution in [0, 0.1) is 5.92 Å². The molecule has 0 fully saturated rings. The van der Waals surface area contributed by atoms with Gasteiger partial charge < -0.3 is 10.1 Å². The van der Waals surface area contributed by atoms with E-state index in [9.17, 15) is 4.79 Å². The number of hydrogen-bond acceptors (Lipinski definition) is 4. The van der Waals surface area contributed by atoms with Crippen LogP contribution in [-0.4, -0.2) is 18.0 Å². The summed E-state index contributed by atoms with van der Waals surface area (Å²) in [6.45, 7) is 4.02. The lowest BCUT2D eigenvalue weighted by Crippen LogP contribution is -2.20.